The number of hydrogen-bond acceptors (Lipinski definition) is 3. The zero-order valence-corrected chi connectivity index (χ0v) is 19.4. The lowest BCUT2D eigenvalue weighted by Gasteiger charge is -2.27. The summed E-state index contributed by atoms with van der Waals surface area (Å²) in [6.07, 6.45) is 0.502. The topological polar surface area (TPSA) is 51.5 Å². The summed E-state index contributed by atoms with van der Waals surface area (Å²) in [5.41, 5.74) is 6.02. The summed E-state index contributed by atoms with van der Waals surface area (Å²) in [7, 11) is 0. The molecule has 0 atom stereocenters. The maximum atomic E-state index is 13.6. The predicted molar refractivity (Wildman–Crippen MR) is 131 cm³/mol. The number of nitrogens with zero attached hydrogens (tertiary/aromatic N) is 2. The Labute approximate surface area is 193 Å². The van der Waals surface area contributed by atoms with Gasteiger partial charge in [-0.25, -0.2) is 4.79 Å². The van der Waals surface area contributed by atoms with Gasteiger partial charge in [-0.2, -0.15) is 0 Å². The van der Waals surface area contributed by atoms with Crippen LogP contribution in [0.4, 0.5) is 4.79 Å². The summed E-state index contributed by atoms with van der Waals surface area (Å²) >= 11 is 0. The summed E-state index contributed by atoms with van der Waals surface area (Å²) in [5.74, 6) is 0.0177. The summed E-state index contributed by atoms with van der Waals surface area (Å²) < 4.78 is 7.55. The Morgan fingerprint density at radius 3 is 2.52 bits per heavy atom. The molecule has 5 rings (SSSR count). The zero-order chi connectivity index (χ0) is 23.1. The highest BCUT2D eigenvalue weighted by Gasteiger charge is 2.27. The Morgan fingerprint density at radius 2 is 1.76 bits per heavy atom. The number of carbonyl (C=O) groups is 2. The fourth-order valence-corrected chi connectivity index (χ4v) is 5.13. The molecule has 1 aliphatic heterocycles. The van der Waals surface area contributed by atoms with Crippen LogP contribution in [-0.4, -0.2) is 34.5 Å². The Bertz CT molecular complexity index is 1400. The van der Waals surface area contributed by atoms with Crippen molar-refractivity contribution in [2.24, 2.45) is 0 Å². The predicted octanol–water partition coefficient (Wildman–Crippen LogP) is 5.87. The number of benzene rings is 3. The molecular weight excluding hydrogens is 412 g/mol. The highest BCUT2D eigenvalue weighted by Crippen LogP contribution is 2.33. The molecule has 0 fully saturated rings. The van der Waals surface area contributed by atoms with Crippen LogP contribution in [0.2, 0.25) is 0 Å². The van der Waals surface area contributed by atoms with E-state index in [1.165, 1.54) is 5.69 Å². The first kappa shape index (κ1) is 21.3. The third-order valence-electron chi connectivity index (χ3n) is 6.75. The number of ketones is 1. The first-order valence-corrected chi connectivity index (χ1v) is 11.6. The zero-order valence-electron chi connectivity index (χ0n) is 19.4. The molecule has 0 aliphatic carbocycles. The minimum atomic E-state index is -0.279. The Kier molecular flexibility index (Phi) is 5.41. The molecule has 168 valence electrons. The van der Waals surface area contributed by atoms with E-state index in [-0.39, 0.29) is 11.9 Å². The molecule has 0 saturated heterocycles. The van der Waals surface area contributed by atoms with E-state index in [2.05, 4.69) is 30.5 Å². The first-order chi connectivity index (χ1) is 16.0. The molecule has 5 nitrogen and oxygen atoms in total. The lowest BCUT2D eigenvalue weighted by atomic mass is 9.94. The van der Waals surface area contributed by atoms with Gasteiger partial charge in [0.2, 0.25) is 0 Å². The van der Waals surface area contributed by atoms with Gasteiger partial charge < -0.3 is 14.2 Å². The van der Waals surface area contributed by atoms with E-state index in [4.69, 9.17) is 4.74 Å². The number of aryl methyl sites for hydroxylation is 2. The summed E-state index contributed by atoms with van der Waals surface area (Å²) in [6, 6.07) is 18.0. The average Bonchev–Trinajstić information content (AvgIpc) is 3.16. The molecular formula is C28H28N2O3. The van der Waals surface area contributed by atoms with Gasteiger partial charge >= 0.3 is 6.09 Å². The summed E-state index contributed by atoms with van der Waals surface area (Å²) in [5, 5.41) is 3.12. The van der Waals surface area contributed by atoms with E-state index >= 15 is 0 Å². The van der Waals surface area contributed by atoms with Crippen molar-refractivity contribution >= 4 is 33.6 Å². The highest BCUT2D eigenvalue weighted by atomic mass is 16.6. The van der Waals surface area contributed by atoms with Gasteiger partial charge in [0.05, 0.1) is 13.2 Å². The van der Waals surface area contributed by atoms with Crippen molar-refractivity contribution in [2.75, 3.05) is 13.2 Å². The molecule has 4 aromatic rings. The van der Waals surface area contributed by atoms with Gasteiger partial charge in [0.15, 0.2) is 5.78 Å². The Morgan fingerprint density at radius 1 is 0.970 bits per heavy atom. The maximum Gasteiger partial charge on any atom is 0.410 e. The molecule has 1 amide bonds. The quantitative estimate of drug-likeness (QED) is 0.373. The van der Waals surface area contributed by atoms with Crippen LogP contribution < -0.4 is 0 Å². The first-order valence-electron chi connectivity index (χ1n) is 11.6. The van der Waals surface area contributed by atoms with Crippen molar-refractivity contribution in [1.82, 2.24) is 9.47 Å². The van der Waals surface area contributed by atoms with Crippen LogP contribution in [0.25, 0.3) is 21.7 Å². The van der Waals surface area contributed by atoms with Crippen LogP contribution in [0.3, 0.4) is 0 Å². The second kappa shape index (κ2) is 8.39. The van der Waals surface area contributed by atoms with E-state index in [9.17, 15) is 9.59 Å². The van der Waals surface area contributed by atoms with E-state index in [1.54, 1.807) is 4.90 Å². The normalized spacial score (nSPS) is 13.4. The van der Waals surface area contributed by atoms with Gasteiger partial charge in [0.25, 0.3) is 0 Å². The van der Waals surface area contributed by atoms with Gasteiger partial charge in [-0.1, -0.05) is 36.4 Å². The lowest BCUT2D eigenvalue weighted by molar-refractivity contribution is 0.102. The number of carbonyl (C=O) groups excluding carboxylic acids is 2. The summed E-state index contributed by atoms with van der Waals surface area (Å²) in [6.45, 7) is 8.38. The molecule has 0 bridgehead atoms. The van der Waals surface area contributed by atoms with Crippen molar-refractivity contribution in [3.8, 4) is 0 Å². The smallest absolute Gasteiger partial charge is 0.410 e. The van der Waals surface area contributed by atoms with E-state index in [0.717, 1.165) is 45.8 Å². The molecule has 2 heterocycles. The fraction of sp³-hybridized carbons (Fsp3) is 0.286. The highest BCUT2D eigenvalue weighted by molar-refractivity contribution is 6.17. The molecule has 33 heavy (non-hydrogen) atoms. The minimum Gasteiger partial charge on any atom is -0.450 e. The van der Waals surface area contributed by atoms with Crippen LogP contribution in [0.5, 0.6) is 0 Å². The van der Waals surface area contributed by atoms with Gasteiger partial charge in [-0.3, -0.25) is 4.79 Å². The van der Waals surface area contributed by atoms with E-state index < -0.39 is 0 Å². The standard InChI is InChI=1S/C28H28N2O3/c1-4-30-25-13-11-19(27(31)22-12-10-18(3)20-8-6-7-9-21(20)22)16-23(25)24-17-29(15-14-26(24)30)28(32)33-5-2/h6-13,16H,4-5,14-15,17H2,1-3H3. The minimum absolute atomic E-state index is 0.0177. The number of aromatic nitrogens is 1. The molecule has 0 spiro atoms. The number of rotatable bonds is 4. The molecule has 5 heteroatoms. The fourth-order valence-electron chi connectivity index (χ4n) is 5.13. The number of hydrogen-bond donors (Lipinski definition) is 0. The Balaban J connectivity index is 1.61. The van der Waals surface area contributed by atoms with Crippen molar-refractivity contribution in [3.05, 3.63) is 82.5 Å². The number of fused-ring (bicyclic) bond motifs is 4. The number of amides is 1. The van der Waals surface area contributed by atoms with Crippen LogP contribution in [0, 0.1) is 6.92 Å². The third kappa shape index (κ3) is 3.48. The second-order valence-electron chi connectivity index (χ2n) is 8.58. The molecule has 0 radical (unpaired) electrons. The van der Waals surface area contributed by atoms with Gasteiger partial charge in [-0.05, 0) is 55.3 Å². The Hall–Kier alpha value is -3.60. The molecule has 0 N–H and O–H groups in total. The largest absolute Gasteiger partial charge is 0.450 e. The molecule has 0 unspecified atom stereocenters. The van der Waals surface area contributed by atoms with Crippen molar-refractivity contribution < 1.29 is 14.3 Å². The third-order valence-corrected chi connectivity index (χ3v) is 6.75. The van der Waals surface area contributed by atoms with Crippen LogP contribution in [0.15, 0.2) is 54.6 Å². The lowest BCUT2D eigenvalue weighted by Crippen LogP contribution is -2.36. The van der Waals surface area contributed by atoms with Crippen LogP contribution in [-0.2, 0) is 24.2 Å². The summed E-state index contributed by atoms with van der Waals surface area (Å²) in [4.78, 5) is 27.8. The van der Waals surface area contributed by atoms with Gasteiger partial charge in [0.1, 0.15) is 0 Å². The van der Waals surface area contributed by atoms with Crippen molar-refractivity contribution in [1.29, 1.82) is 0 Å². The van der Waals surface area contributed by atoms with E-state index in [1.807, 2.05) is 49.4 Å². The van der Waals surface area contributed by atoms with Crippen molar-refractivity contribution in [3.63, 3.8) is 0 Å². The monoisotopic (exact) mass is 440 g/mol. The SMILES string of the molecule is CCOC(=O)N1CCc2c(c3cc(C(=O)c4ccc(C)c5ccccc45)ccc3n2CC)C1. The van der Waals surface area contributed by atoms with Crippen molar-refractivity contribution in [2.45, 2.75) is 40.3 Å². The average molecular weight is 441 g/mol. The molecule has 3 aromatic carbocycles. The van der Waals surface area contributed by atoms with Gasteiger partial charge in [0, 0.05) is 52.8 Å². The second-order valence-corrected chi connectivity index (χ2v) is 8.58. The van der Waals surface area contributed by atoms with Gasteiger partial charge in [-0.15, -0.1) is 0 Å². The molecule has 0 saturated carbocycles. The number of ether oxygens (including phenoxy) is 1. The van der Waals surface area contributed by atoms with Crippen LogP contribution >= 0.6 is 0 Å². The van der Waals surface area contributed by atoms with E-state index in [0.29, 0.717) is 30.8 Å². The molecule has 1 aliphatic rings. The maximum absolute atomic E-state index is 13.6. The molecule has 1 aromatic heterocycles. The van der Waals surface area contributed by atoms with Crippen LogP contribution in [0.1, 0.15) is 46.6 Å².